The van der Waals surface area contributed by atoms with Crippen molar-refractivity contribution < 1.29 is 13.0 Å². The normalized spacial score (nSPS) is 11.8. The van der Waals surface area contributed by atoms with Crippen molar-refractivity contribution in [2.45, 2.75) is 32.6 Å². The zero-order valence-electron chi connectivity index (χ0n) is 9.47. The Morgan fingerprint density at radius 1 is 1.19 bits per heavy atom. The lowest BCUT2D eigenvalue weighted by molar-refractivity contribution is 0.489. The van der Waals surface area contributed by atoms with Crippen molar-refractivity contribution in [1.82, 2.24) is 0 Å². The highest BCUT2D eigenvalue weighted by Gasteiger charge is 2.08. The molecule has 0 saturated carbocycles. The molecule has 0 radical (unpaired) electrons. The maximum absolute atomic E-state index is 10.6. The van der Waals surface area contributed by atoms with Crippen LogP contribution in [0.5, 0.6) is 0 Å². The Morgan fingerprint density at radius 2 is 1.69 bits per heavy atom. The van der Waals surface area contributed by atoms with Crippen LogP contribution in [0.2, 0.25) is 0 Å². The highest BCUT2D eigenvalue weighted by molar-refractivity contribution is 7.87. The molecular weight excluding hydrogens is 226 g/mol. The van der Waals surface area contributed by atoms with Gasteiger partial charge in [0.15, 0.2) is 0 Å². The molecule has 0 aliphatic heterocycles. The second-order valence-corrected chi connectivity index (χ2v) is 4.87. The average Bonchev–Trinajstić information content (AvgIpc) is 2.20. The third-order valence-electron chi connectivity index (χ3n) is 2.61. The lowest BCUT2D eigenvalue weighted by Crippen LogP contribution is -2.10. The minimum absolute atomic E-state index is 0.372. The number of anilines is 1. The van der Waals surface area contributed by atoms with Crippen LogP contribution in [-0.4, -0.2) is 13.0 Å². The molecule has 0 spiro atoms. The summed E-state index contributed by atoms with van der Waals surface area (Å²) in [7, 11) is -4.17. The number of nitrogens with one attached hydrogen (secondary N) is 1. The second-order valence-electron chi connectivity index (χ2n) is 3.71. The topological polar surface area (TPSA) is 66.4 Å². The van der Waals surface area contributed by atoms with E-state index in [1.54, 1.807) is 12.1 Å². The SMILES string of the molecule is CCC(CC)c1ccc(NS(=O)(=O)O)cc1. The fourth-order valence-corrected chi connectivity index (χ4v) is 2.17. The maximum Gasteiger partial charge on any atom is 0.357 e. The summed E-state index contributed by atoms with van der Waals surface area (Å²) in [6.45, 7) is 4.25. The predicted molar refractivity (Wildman–Crippen MR) is 64.9 cm³/mol. The first-order valence-electron chi connectivity index (χ1n) is 5.31. The van der Waals surface area contributed by atoms with E-state index in [0.717, 1.165) is 12.8 Å². The largest absolute Gasteiger partial charge is 0.357 e. The van der Waals surface area contributed by atoms with E-state index in [-0.39, 0.29) is 0 Å². The molecule has 0 atom stereocenters. The third-order valence-corrected chi connectivity index (χ3v) is 3.11. The zero-order valence-corrected chi connectivity index (χ0v) is 10.3. The van der Waals surface area contributed by atoms with Gasteiger partial charge in [-0.25, -0.2) is 0 Å². The van der Waals surface area contributed by atoms with E-state index in [9.17, 15) is 8.42 Å². The smallest absolute Gasteiger partial charge is 0.269 e. The van der Waals surface area contributed by atoms with Gasteiger partial charge in [0.2, 0.25) is 0 Å². The Balaban J connectivity index is 2.82. The highest BCUT2D eigenvalue weighted by Crippen LogP contribution is 2.24. The maximum atomic E-state index is 10.6. The number of benzene rings is 1. The van der Waals surface area contributed by atoms with Crippen molar-refractivity contribution in [3.63, 3.8) is 0 Å². The first-order valence-corrected chi connectivity index (χ1v) is 6.75. The van der Waals surface area contributed by atoms with Gasteiger partial charge in [-0.15, -0.1) is 0 Å². The van der Waals surface area contributed by atoms with Crippen molar-refractivity contribution in [3.8, 4) is 0 Å². The van der Waals surface area contributed by atoms with Crippen LogP contribution >= 0.6 is 0 Å². The number of hydrogen-bond donors (Lipinski definition) is 2. The van der Waals surface area contributed by atoms with Crippen molar-refractivity contribution in [2.75, 3.05) is 4.72 Å². The standard InChI is InChI=1S/C11H17NO3S/c1-3-9(4-2)10-5-7-11(8-6-10)12-16(13,14)15/h5-9,12H,3-4H2,1-2H3,(H,13,14,15). The molecule has 0 bridgehead atoms. The first kappa shape index (κ1) is 13.0. The van der Waals surface area contributed by atoms with Crippen LogP contribution in [0.25, 0.3) is 0 Å². The van der Waals surface area contributed by atoms with Gasteiger partial charge in [-0.05, 0) is 36.5 Å². The molecule has 4 nitrogen and oxygen atoms in total. The second kappa shape index (κ2) is 5.32. The summed E-state index contributed by atoms with van der Waals surface area (Å²) in [5.41, 5.74) is 1.56. The molecule has 0 aliphatic carbocycles. The van der Waals surface area contributed by atoms with Crippen LogP contribution in [0.3, 0.4) is 0 Å². The Bertz CT molecular complexity index is 421. The van der Waals surface area contributed by atoms with Crippen LogP contribution in [-0.2, 0) is 10.3 Å². The van der Waals surface area contributed by atoms with Crippen molar-refractivity contribution in [1.29, 1.82) is 0 Å². The van der Waals surface area contributed by atoms with Gasteiger partial charge in [0.25, 0.3) is 0 Å². The molecule has 0 amide bonds. The summed E-state index contributed by atoms with van der Waals surface area (Å²) in [6.07, 6.45) is 2.11. The van der Waals surface area contributed by atoms with Gasteiger partial charge >= 0.3 is 10.3 Å². The van der Waals surface area contributed by atoms with Crippen LogP contribution in [0.4, 0.5) is 5.69 Å². The minimum atomic E-state index is -4.17. The minimum Gasteiger partial charge on any atom is -0.269 e. The Kier molecular flexibility index (Phi) is 4.32. The summed E-state index contributed by atoms with van der Waals surface area (Å²) in [5, 5.41) is 0. The van der Waals surface area contributed by atoms with Crippen LogP contribution < -0.4 is 4.72 Å². The van der Waals surface area contributed by atoms with Crippen molar-refractivity contribution in [2.24, 2.45) is 0 Å². The van der Waals surface area contributed by atoms with Gasteiger partial charge in [-0.2, -0.15) is 8.42 Å². The monoisotopic (exact) mass is 243 g/mol. The zero-order chi connectivity index (χ0) is 12.2. The number of hydrogen-bond acceptors (Lipinski definition) is 2. The van der Waals surface area contributed by atoms with Gasteiger partial charge in [-0.3, -0.25) is 9.27 Å². The molecule has 0 fully saturated rings. The van der Waals surface area contributed by atoms with Crippen LogP contribution in [0, 0.1) is 0 Å². The van der Waals surface area contributed by atoms with Gasteiger partial charge in [-0.1, -0.05) is 26.0 Å². The number of rotatable bonds is 5. The lowest BCUT2D eigenvalue weighted by Gasteiger charge is -2.13. The fraction of sp³-hybridized carbons (Fsp3) is 0.455. The molecule has 0 heterocycles. The molecule has 1 rings (SSSR count). The first-order chi connectivity index (χ1) is 7.46. The Hall–Kier alpha value is -1.07. The van der Waals surface area contributed by atoms with E-state index in [2.05, 4.69) is 13.8 Å². The molecular formula is C11H17NO3S. The molecule has 16 heavy (non-hydrogen) atoms. The highest BCUT2D eigenvalue weighted by atomic mass is 32.2. The van der Waals surface area contributed by atoms with Gasteiger partial charge in [0.1, 0.15) is 0 Å². The Labute approximate surface area is 96.6 Å². The summed E-state index contributed by atoms with van der Waals surface area (Å²) in [6, 6.07) is 7.07. The summed E-state index contributed by atoms with van der Waals surface area (Å²) in [5.74, 6) is 0.500. The summed E-state index contributed by atoms with van der Waals surface area (Å²) < 4.78 is 31.8. The van der Waals surface area contributed by atoms with Crippen molar-refractivity contribution >= 4 is 16.0 Å². The van der Waals surface area contributed by atoms with Gasteiger partial charge in [0.05, 0.1) is 5.69 Å². The molecule has 1 aromatic carbocycles. The van der Waals surface area contributed by atoms with Gasteiger partial charge in [0, 0.05) is 0 Å². The molecule has 0 unspecified atom stereocenters. The average molecular weight is 243 g/mol. The Morgan fingerprint density at radius 3 is 2.06 bits per heavy atom. The quantitative estimate of drug-likeness (QED) is 0.781. The predicted octanol–water partition coefficient (Wildman–Crippen LogP) is 2.80. The fourth-order valence-electron chi connectivity index (χ4n) is 1.73. The van der Waals surface area contributed by atoms with Gasteiger partial charge < -0.3 is 0 Å². The molecule has 1 aromatic rings. The molecule has 2 N–H and O–H groups in total. The van der Waals surface area contributed by atoms with E-state index in [4.69, 9.17) is 4.55 Å². The molecule has 0 aliphatic rings. The van der Waals surface area contributed by atoms with E-state index >= 15 is 0 Å². The molecule has 0 aromatic heterocycles. The third kappa shape index (κ3) is 3.83. The molecule has 5 heteroatoms. The summed E-state index contributed by atoms with van der Waals surface area (Å²) >= 11 is 0. The van der Waals surface area contributed by atoms with Crippen LogP contribution in [0.1, 0.15) is 38.2 Å². The van der Waals surface area contributed by atoms with Crippen molar-refractivity contribution in [3.05, 3.63) is 29.8 Å². The van der Waals surface area contributed by atoms with E-state index in [0.29, 0.717) is 11.6 Å². The van der Waals surface area contributed by atoms with Crippen LogP contribution in [0.15, 0.2) is 24.3 Å². The van der Waals surface area contributed by atoms with E-state index in [1.807, 2.05) is 16.9 Å². The molecule has 90 valence electrons. The van der Waals surface area contributed by atoms with E-state index in [1.165, 1.54) is 5.56 Å². The summed E-state index contributed by atoms with van der Waals surface area (Å²) in [4.78, 5) is 0. The lowest BCUT2D eigenvalue weighted by atomic mass is 9.94. The molecule has 0 saturated heterocycles. The van der Waals surface area contributed by atoms with E-state index < -0.39 is 10.3 Å².